The van der Waals surface area contributed by atoms with Crippen molar-refractivity contribution < 1.29 is 18.0 Å². The lowest BCUT2D eigenvalue weighted by Crippen LogP contribution is -2.31. The largest absolute Gasteiger partial charge is 0.445 e. The highest BCUT2D eigenvalue weighted by molar-refractivity contribution is 7.15. The molecule has 1 amide bonds. The maximum absolute atomic E-state index is 12.5. The van der Waals surface area contributed by atoms with Gasteiger partial charge in [0.15, 0.2) is 0 Å². The molecule has 0 bridgehead atoms. The van der Waals surface area contributed by atoms with Gasteiger partial charge in [0.1, 0.15) is 0 Å². The molecule has 0 saturated heterocycles. The molecule has 3 rings (SSSR count). The van der Waals surface area contributed by atoms with Crippen LogP contribution in [0.25, 0.3) is 10.9 Å². The smallest absolute Gasteiger partial charge is 0.300 e. The maximum Gasteiger partial charge on any atom is 0.445 e. The monoisotopic (exact) mass is 385 g/mol. The van der Waals surface area contributed by atoms with Gasteiger partial charge >= 0.3 is 11.9 Å². The molecule has 12 heteroatoms. The van der Waals surface area contributed by atoms with Crippen molar-refractivity contribution in [1.29, 1.82) is 0 Å². The van der Waals surface area contributed by atoms with Gasteiger partial charge in [-0.3, -0.25) is 19.1 Å². The number of carbonyl (C=O) groups excluding carboxylic acids is 1. The van der Waals surface area contributed by atoms with E-state index in [0.717, 1.165) is 0 Å². The van der Waals surface area contributed by atoms with Crippen LogP contribution in [-0.4, -0.2) is 25.7 Å². The Morgan fingerprint density at radius 3 is 2.65 bits per heavy atom. The Labute approximate surface area is 146 Å². The number of aromatic nitrogens is 4. The lowest BCUT2D eigenvalue weighted by Gasteiger charge is -2.08. The van der Waals surface area contributed by atoms with Crippen LogP contribution < -0.4 is 16.6 Å². The van der Waals surface area contributed by atoms with Gasteiger partial charge in [-0.05, 0) is 12.1 Å². The summed E-state index contributed by atoms with van der Waals surface area (Å²) in [5.74, 6) is -0.642. The van der Waals surface area contributed by atoms with E-state index in [1.54, 1.807) is 18.2 Å². The number of halogens is 3. The number of aromatic amines is 1. The maximum atomic E-state index is 12.5. The van der Waals surface area contributed by atoms with Crippen molar-refractivity contribution in [3.63, 3.8) is 0 Å². The van der Waals surface area contributed by atoms with Crippen LogP contribution in [0.1, 0.15) is 11.4 Å². The van der Waals surface area contributed by atoms with E-state index in [4.69, 9.17) is 0 Å². The second-order valence-corrected chi connectivity index (χ2v) is 6.11. The van der Waals surface area contributed by atoms with Crippen LogP contribution in [0.2, 0.25) is 0 Å². The Morgan fingerprint density at radius 1 is 1.23 bits per heavy atom. The number of nitrogens with one attached hydrogen (secondary N) is 2. The zero-order chi connectivity index (χ0) is 18.9. The number of anilines is 1. The molecular weight excluding hydrogens is 375 g/mol. The van der Waals surface area contributed by atoms with E-state index < -0.39 is 28.3 Å². The quantitative estimate of drug-likeness (QED) is 0.709. The second-order valence-electron chi connectivity index (χ2n) is 5.14. The third-order valence-corrected chi connectivity index (χ3v) is 4.26. The van der Waals surface area contributed by atoms with Crippen LogP contribution in [0.4, 0.5) is 18.3 Å². The highest BCUT2D eigenvalue weighted by Crippen LogP contribution is 2.32. The fraction of sp³-hybridized carbons (Fsp3) is 0.214. The standard InChI is InChI=1S/C14H10F3N5O3S/c15-14(16,17)11-20-21-12(26-11)18-9(23)5-6-22-8-4-2-1-3-7(8)10(24)19-13(22)25/h1-4H,5-6H2,(H,18,21,23)(H,19,24,25). The minimum Gasteiger partial charge on any atom is -0.300 e. The van der Waals surface area contributed by atoms with Gasteiger partial charge in [-0.15, -0.1) is 10.2 Å². The first-order valence-electron chi connectivity index (χ1n) is 7.18. The molecule has 2 aromatic heterocycles. The van der Waals surface area contributed by atoms with Gasteiger partial charge in [-0.25, -0.2) is 4.79 Å². The lowest BCUT2D eigenvalue weighted by molar-refractivity contribution is -0.138. The molecule has 0 unspecified atom stereocenters. The average molecular weight is 385 g/mol. The third-order valence-electron chi connectivity index (χ3n) is 3.38. The number of alkyl halides is 3. The minimum absolute atomic E-state index is 0.0765. The van der Waals surface area contributed by atoms with Gasteiger partial charge in [0.05, 0.1) is 10.9 Å². The summed E-state index contributed by atoms with van der Waals surface area (Å²) >= 11 is 0.202. The highest BCUT2D eigenvalue weighted by atomic mass is 32.1. The Balaban J connectivity index is 1.74. The van der Waals surface area contributed by atoms with Crippen LogP contribution >= 0.6 is 11.3 Å². The molecule has 3 aromatic rings. The molecule has 0 atom stereocenters. The number of nitrogens with zero attached hydrogens (tertiary/aromatic N) is 3. The molecule has 136 valence electrons. The van der Waals surface area contributed by atoms with Gasteiger partial charge < -0.3 is 5.32 Å². The van der Waals surface area contributed by atoms with E-state index >= 15 is 0 Å². The number of aryl methyl sites for hydroxylation is 1. The zero-order valence-corrected chi connectivity index (χ0v) is 13.6. The van der Waals surface area contributed by atoms with Gasteiger partial charge in [0.2, 0.25) is 16.0 Å². The van der Waals surface area contributed by atoms with Crippen molar-refractivity contribution in [3.05, 3.63) is 50.1 Å². The predicted octanol–water partition coefficient (Wildman–Crippen LogP) is 1.59. The highest BCUT2D eigenvalue weighted by Gasteiger charge is 2.35. The summed E-state index contributed by atoms with van der Waals surface area (Å²) in [5.41, 5.74) is -0.874. The molecule has 26 heavy (non-hydrogen) atoms. The average Bonchev–Trinajstić information content (AvgIpc) is 3.03. The van der Waals surface area contributed by atoms with Crippen molar-refractivity contribution in [3.8, 4) is 0 Å². The number of hydrogen-bond acceptors (Lipinski definition) is 6. The number of rotatable bonds is 4. The number of fused-ring (bicyclic) bond motifs is 1. The van der Waals surface area contributed by atoms with Crippen LogP contribution in [-0.2, 0) is 17.5 Å². The molecule has 2 heterocycles. The summed E-state index contributed by atoms with van der Waals surface area (Å²) < 4.78 is 38.6. The Bertz CT molecular complexity index is 1090. The third kappa shape index (κ3) is 3.64. The summed E-state index contributed by atoms with van der Waals surface area (Å²) in [6.07, 6.45) is -4.85. The minimum atomic E-state index is -4.64. The molecule has 0 spiro atoms. The van der Waals surface area contributed by atoms with E-state index in [1.165, 1.54) is 10.6 Å². The van der Waals surface area contributed by atoms with Crippen LogP contribution in [0.3, 0.4) is 0 Å². The van der Waals surface area contributed by atoms with Crippen molar-refractivity contribution >= 4 is 33.3 Å². The molecular formula is C14H10F3N5O3S. The van der Waals surface area contributed by atoms with Crippen LogP contribution in [0, 0.1) is 0 Å². The molecule has 0 radical (unpaired) electrons. The van der Waals surface area contributed by atoms with Crippen molar-refractivity contribution in [1.82, 2.24) is 19.7 Å². The fourth-order valence-corrected chi connectivity index (χ4v) is 2.87. The molecule has 8 nitrogen and oxygen atoms in total. The Kier molecular flexibility index (Phi) is 4.59. The van der Waals surface area contributed by atoms with E-state index in [-0.39, 0.29) is 34.8 Å². The van der Waals surface area contributed by atoms with E-state index in [0.29, 0.717) is 5.52 Å². The number of H-pyrrole nitrogens is 1. The lowest BCUT2D eigenvalue weighted by atomic mass is 10.2. The van der Waals surface area contributed by atoms with Crippen LogP contribution in [0.5, 0.6) is 0 Å². The summed E-state index contributed by atoms with van der Waals surface area (Å²) in [6.45, 7) is -0.0765. The Morgan fingerprint density at radius 2 is 1.96 bits per heavy atom. The molecule has 0 aliphatic carbocycles. The molecule has 2 N–H and O–H groups in total. The Hall–Kier alpha value is -3.02. The van der Waals surface area contributed by atoms with Crippen molar-refractivity contribution in [2.45, 2.75) is 19.1 Å². The van der Waals surface area contributed by atoms with E-state index in [9.17, 15) is 27.6 Å². The normalized spacial score (nSPS) is 11.7. The molecule has 0 aliphatic heterocycles. The summed E-state index contributed by atoms with van der Waals surface area (Å²) in [6, 6.07) is 6.36. The number of para-hydroxylation sites is 1. The topological polar surface area (TPSA) is 110 Å². The zero-order valence-electron chi connectivity index (χ0n) is 12.8. The molecule has 0 saturated carbocycles. The van der Waals surface area contributed by atoms with Gasteiger partial charge in [0, 0.05) is 13.0 Å². The first-order chi connectivity index (χ1) is 12.3. The molecule has 0 fully saturated rings. The predicted molar refractivity (Wildman–Crippen MR) is 87.0 cm³/mol. The summed E-state index contributed by atoms with van der Waals surface area (Å²) in [7, 11) is 0. The second kappa shape index (κ2) is 6.71. The number of carbonyl (C=O) groups is 1. The number of benzene rings is 1. The number of hydrogen-bond donors (Lipinski definition) is 2. The van der Waals surface area contributed by atoms with Gasteiger partial charge in [-0.1, -0.05) is 23.5 Å². The summed E-state index contributed by atoms with van der Waals surface area (Å²) in [5, 5.41) is 7.24. The fourth-order valence-electron chi connectivity index (χ4n) is 2.25. The first-order valence-corrected chi connectivity index (χ1v) is 8.00. The van der Waals surface area contributed by atoms with Crippen molar-refractivity contribution in [2.75, 3.05) is 5.32 Å². The van der Waals surface area contributed by atoms with Crippen molar-refractivity contribution in [2.24, 2.45) is 0 Å². The number of amides is 1. The van der Waals surface area contributed by atoms with Gasteiger partial charge in [0.25, 0.3) is 5.56 Å². The molecule has 1 aromatic carbocycles. The molecule has 0 aliphatic rings. The summed E-state index contributed by atoms with van der Waals surface area (Å²) in [4.78, 5) is 37.8. The van der Waals surface area contributed by atoms with Crippen LogP contribution in [0.15, 0.2) is 33.9 Å². The first kappa shape index (κ1) is 17.8. The van der Waals surface area contributed by atoms with E-state index in [2.05, 4.69) is 20.5 Å². The van der Waals surface area contributed by atoms with E-state index in [1.807, 2.05) is 0 Å². The van der Waals surface area contributed by atoms with Gasteiger partial charge in [-0.2, -0.15) is 13.2 Å². The SMILES string of the molecule is O=C(CCn1c(=O)[nH]c(=O)c2ccccc21)Nc1nnc(C(F)(F)F)s1.